The first-order valence-electron chi connectivity index (χ1n) is 7.43. The highest BCUT2D eigenvalue weighted by Crippen LogP contribution is 2.27. The van der Waals surface area contributed by atoms with E-state index >= 15 is 0 Å². The molecule has 126 valence electrons. The van der Waals surface area contributed by atoms with E-state index in [0.29, 0.717) is 27.2 Å². The van der Waals surface area contributed by atoms with Gasteiger partial charge < -0.3 is 10.6 Å². The highest BCUT2D eigenvalue weighted by atomic mass is 35.5. The summed E-state index contributed by atoms with van der Waals surface area (Å²) >= 11 is 12.0. The van der Waals surface area contributed by atoms with Gasteiger partial charge >= 0.3 is 0 Å². The van der Waals surface area contributed by atoms with Crippen molar-refractivity contribution in [3.63, 3.8) is 0 Å². The highest BCUT2D eigenvalue weighted by Gasteiger charge is 2.09. The third kappa shape index (κ3) is 4.47. The molecule has 2 N–H and O–H groups in total. The van der Waals surface area contributed by atoms with Crippen molar-refractivity contribution in [2.24, 2.45) is 0 Å². The molecular weight excluding hydrogens is 359 g/mol. The van der Waals surface area contributed by atoms with E-state index in [4.69, 9.17) is 23.2 Å². The van der Waals surface area contributed by atoms with Gasteiger partial charge in [0.05, 0.1) is 23.1 Å². The molecule has 0 radical (unpaired) electrons. The molecule has 5 nitrogen and oxygen atoms in total. The number of nitrogens with one attached hydrogen (secondary N) is 2. The highest BCUT2D eigenvalue weighted by molar-refractivity contribution is 6.35. The summed E-state index contributed by atoms with van der Waals surface area (Å²) < 4.78 is 0. The van der Waals surface area contributed by atoms with Crippen LogP contribution < -0.4 is 10.6 Å². The van der Waals surface area contributed by atoms with Crippen LogP contribution in [0.2, 0.25) is 10.0 Å². The summed E-state index contributed by atoms with van der Waals surface area (Å²) in [5, 5.41) is 6.86. The quantitative estimate of drug-likeness (QED) is 0.669. The van der Waals surface area contributed by atoms with E-state index in [2.05, 4.69) is 20.6 Å². The lowest BCUT2D eigenvalue weighted by Gasteiger charge is -2.09. The Balaban J connectivity index is 1.71. The van der Waals surface area contributed by atoms with Crippen LogP contribution >= 0.6 is 23.2 Å². The normalized spacial score (nSPS) is 10.4. The third-order valence-corrected chi connectivity index (χ3v) is 3.92. The fourth-order valence-corrected chi connectivity index (χ4v) is 2.50. The van der Waals surface area contributed by atoms with Crippen LogP contribution in [0.5, 0.6) is 0 Å². The number of aryl methyl sites for hydroxylation is 1. The molecule has 1 heterocycles. The second kappa shape index (κ2) is 7.51. The van der Waals surface area contributed by atoms with Crippen LogP contribution in [0.1, 0.15) is 16.1 Å². The summed E-state index contributed by atoms with van der Waals surface area (Å²) in [6, 6.07) is 12.6. The maximum Gasteiger partial charge on any atom is 0.275 e. The predicted octanol–water partition coefficient (Wildman–Crippen LogP) is 5.09. The van der Waals surface area contributed by atoms with Gasteiger partial charge in [0.1, 0.15) is 11.5 Å². The van der Waals surface area contributed by atoms with E-state index in [0.717, 1.165) is 5.56 Å². The van der Waals surface area contributed by atoms with Crippen molar-refractivity contribution in [2.45, 2.75) is 6.92 Å². The number of carbonyl (C=O) groups excluding carboxylic acids is 1. The number of hydrogen-bond donors (Lipinski definition) is 2. The van der Waals surface area contributed by atoms with Gasteiger partial charge in [0, 0.05) is 10.7 Å². The van der Waals surface area contributed by atoms with E-state index in [-0.39, 0.29) is 11.6 Å². The zero-order valence-corrected chi connectivity index (χ0v) is 14.8. The van der Waals surface area contributed by atoms with Crippen LogP contribution in [0.4, 0.5) is 17.2 Å². The maximum atomic E-state index is 12.2. The molecule has 0 unspecified atom stereocenters. The molecule has 0 bridgehead atoms. The van der Waals surface area contributed by atoms with Crippen molar-refractivity contribution in [1.29, 1.82) is 0 Å². The lowest BCUT2D eigenvalue weighted by molar-refractivity contribution is 0.102. The van der Waals surface area contributed by atoms with Crippen molar-refractivity contribution < 1.29 is 4.79 Å². The Bertz CT molecular complexity index is 913. The molecule has 0 atom stereocenters. The second-order valence-corrected chi connectivity index (χ2v) is 6.20. The van der Waals surface area contributed by atoms with E-state index in [1.807, 2.05) is 31.2 Å². The molecule has 0 saturated heterocycles. The van der Waals surface area contributed by atoms with Gasteiger partial charge in [-0.15, -0.1) is 0 Å². The number of rotatable bonds is 4. The van der Waals surface area contributed by atoms with Crippen molar-refractivity contribution in [3.05, 3.63) is 76.2 Å². The van der Waals surface area contributed by atoms with Crippen LogP contribution in [-0.2, 0) is 0 Å². The molecule has 0 aliphatic rings. The lowest BCUT2D eigenvalue weighted by atomic mass is 10.2. The number of anilines is 3. The fraction of sp³-hybridized carbons (Fsp3) is 0.0556. The molecule has 25 heavy (non-hydrogen) atoms. The SMILES string of the molecule is Cc1cccc(NC(=O)c2cnc(Nc3cc(Cl)ccc3Cl)cn2)c1. The second-order valence-electron chi connectivity index (χ2n) is 5.36. The van der Waals surface area contributed by atoms with E-state index in [1.165, 1.54) is 12.4 Å². The Labute approximate surface area is 155 Å². The van der Waals surface area contributed by atoms with Crippen molar-refractivity contribution in [2.75, 3.05) is 10.6 Å². The van der Waals surface area contributed by atoms with Crippen molar-refractivity contribution in [3.8, 4) is 0 Å². The Kier molecular flexibility index (Phi) is 5.16. The van der Waals surface area contributed by atoms with Gasteiger partial charge in [-0.2, -0.15) is 0 Å². The molecule has 3 aromatic rings. The Morgan fingerprint density at radius 2 is 1.88 bits per heavy atom. The molecule has 3 rings (SSSR count). The molecule has 0 spiro atoms. The van der Waals surface area contributed by atoms with Crippen LogP contribution in [0.15, 0.2) is 54.9 Å². The number of halogens is 2. The first-order valence-corrected chi connectivity index (χ1v) is 8.19. The molecule has 0 aliphatic carbocycles. The molecule has 1 amide bonds. The van der Waals surface area contributed by atoms with Crippen molar-refractivity contribution in [1.82, 2.24) is 9.97 Å². The van der Waals surface area contributed by atoms with E-state index in [1.54, 1.807) is 18.2 Å². The number of aromatic nitrogens is 2. The maximum absolute atomic E-state index is 12.2. The van der Waals surface area contributed by atoms with E-state index in [9.17, 15) is 4.79 Å². The fourth-order valence-electron chi connectivity index (χ4n) is 2.16. The van der Waals surface area contributed by atoms with E-state index < -0.39 is 0 Å². The molecule has 1 aromatic heterocycles. The molecule has 0 fully saturated rings. The number of amides is 1. The zero-order chi connectivity index (χ0) is 17.8. The summed E-state index contributed by atoms with van der Waals surface area (Å²) in [6.45, 7) is 1.96. The molecule has 2 aromatic carbocycles. The summed E-state index contributed by atoms with van der Waals surface area (Å²) in [4.78, 5) is 20.5. The van der Waals surface area contributed by atoms with Gasteiger partial charge in [-0.3, -0.25) is 4.79 Å². The molecule has 7 heteroatoms. The summed E-state index contributed by atoms with van der Waals surface area (Å²) in [5.41, 5.74) is 2.59. The average Bonchev–Trinajstić information content (AvgIpc) is 2.59. The Morgan fingerprint density at radius 3 is 2.60 bits per heavy atom. The lowest BCUT2D eigenvalue weighted by Crippen LogP contribution is -2.14. The summed E-state index contributed by atoms with van der Waals surface area (Å²) in [5.74, 6) is 0.127. The smallest absolute Gasteiger partial charge is 0.275 e. The minimum atomic E-state index is -0.328. The first-order chi connectivity index (χ1) is 12.0. The number of nitrogens with zero attached hydrogens (tertiary/aromatic N) is 2. The first kappa shape index (κ1) is 17.2. The summed E-state index contributed by atoms with van der Waals surface area (Å²) in [6.07, 6.45) is 2.86. The van der Waals surface area contributed by atoms with Gasteiger partial charge in [-0.1, -0.05) is 35.3 Å². The van der Waals surface area contributed by atoms with Gasteiger partial charge in [0.25, 0.3) is 5.91 Å². The van der Waals surface area contributed by atoms with Crippen LogP contribution in [-0.4, -0.2) is 15.9 Å². The van der Waals surface area contributed by atoms with Gasteiger partial charge in [-0.05, 0) is 42.8 Å². The predicted molar refractivity (Wildman–Crippen MR) is 101 cm³/mol. The number of hydrogen-bond acceptors (Lipinski definition) is 4. The van der Waals surface area contributed by atoms with Gasteiger partial charge in [-0.25, -0.2) is 9.97 Å². The topological polar surface area (TPSA) is 66.9 Å². The van der Waals surface area contributed by atoms with Gasteiger partial charge in [0.15, 0.2) is 0 Å². The number of carbonyl (C=O) groups is 1. The monoisotopic (exact) mass is 372 g/mol. The standard InChI is InChI=1S/C18H14Cl2N4O/c1-11-3-2-4-13(7-11)23-18(25)16-9-22-17(10-21-16)24-15-8-12(19)5-6-14(15)20/h2-10H,1H3,(H,22,24)(H,23,25). The Morgan fingerprint density at radius 1 is 1.04 bits per heavy atom. The van der Waals surface area contributed by atoms with Gasteiger partial charge in [0.2, 0.25) is 0 Å². The minimum Gasteiger partial charge on any atom is -0.338 e. The van der Waals surface area contributed by atoms with Crippen LogP contribution in [0.25, 0.3) is 0 Å². The van der Waals surface area contributed by atoms with Crippen LogP contribution in [0, 0.1) is 6.92 Å². The molecule has 0 saturated carbocycles. The average molecular weight is 373 g/mol. The summed E-state index contributed by atoms with van der Waals surface area (Å²) in [7, 11) is 0. The van der Waals surface area contributed by atoms with Crippen LogP contribution in [0.3, 0.4) is 0 Å². The zero-order valence-electron chi connectivity index (χ0n) is 13.3. The Hall–Kier alpha value is -2.63. The minimum absolute atomic E-state index is 0.212. The molecular formula is C18H14Cl2N4O. The van der Waals surface area contributed by atoms with Crippen molar-refractivity contribution >= 4 is 46.3 Å². The largest absolute Gasteiger partial charge is 0.338 e. The number of benzene rings is 2. The molecule has 0 aliphatic heterocycles. The third-order valence-electron chi connectivity index (χ3n) is 3.35.